The molecule has 0 saturated heterocycles. The van der Waals surface area contributed by atoms with Crippen molar-refractivity contribution in [1.82, 2.24) is 9.97 Å². The molecule has 4 aliphatic carbocycles. The van der Waals surface area contributed by atoms with Gasteiger partial charge in [-0.25, -0.2) is 9.97 Å². The second kappa shape index (κ2) is 7.11. The summed E-state index contributed by atoms with van der Waals surface area (Å²) >= 11 is 0. The van der Waals surface area contributed by atoms with Gasteiger partial charge in [0.05, 0.1) is 17.7 Å². The number of nitro groups is 1. The molecule has 4 saturated carbocycles. The molecule has 158 valence electrons. The van der Waals surface area contributed by atoms with E-state index in [-0.39, 0.29) is 17.0 Å². The predicted molar refractivity (Wildman–Crippen MR) is 114 cm³/mol. The average molecular weight is 409 g/mol. The topological polar surface area (TPSA) is 102 Å². The SMILES string of the molecule is COc1ccc(C)cc1Nc1ncnc(NC23CC4CC(CC(C4)C2)C3)c1[N+](=O)[O-]. The van der Waals surface area contributed by atoms with E-state index in [0.717, 1.165) is 42.6 Å². The number of hydrogen-bond donors (Lipinski definition) is 2. The lowest BCUT2D eigenvalue weighted by molar-refractivity contribution is -0.383. The maximum Gasteiger partial charge on any atom is 0.353 e. The molecule has 4 aliphatic rings. The number of benzene rings is 1. The fourth-order valence-corrected chi connectivity index (χ4v) is 6.30. The molecule has 6 rings (SSSR count). The van der Waals surface area contributed by atoms with E-state index in [2.05, 4.69) is 20.6 Å². The fourth-order valence-electron chi connectivity index (χ4n) is 6.30. The number of rotatable bonds is 6. The quantitative estimate of drug-likeness (QED) is 0.520. The second-order valence-electron chi connectivity index (χ2n) is 9.33. The molecule has 0 unspecified atom stereocenters. The van der Waals surface area contributed by atoms with Gasteiger partial charge in [-0.1, -0.05) is 6.07 Å². The predicted octanol–water partition coefficient (Wildman–Crippen LogP) is 4.83. The summed E-state index contributed by atoms with van der Waals surface area (Å²) in [6, 6.07) is 5.65. The van der Waals surface area contributed by atoms with Gasteiger partial charge < -0.3 is 15.4 Å². The summed E-state index contributed by atoms with van der Waals surface area (Å²) in [5, 5.41) is 18.7. The molecule has 1 aromatic carbocycles. The first-order valence-electron chi connectivity index (χ1n) is 10.6. The zero-order valence-corrected chi connectivity index (χ0v) is 17.4. The first-order chi connectivity index (χ1) is 14.4. The Labute approximate surface area is 175 Å². The van der Waals surface area contributed by atoms with Crippen LogP contribution in [-0.4, -0.2) is 27.5 Å². The highest BCUT2D eigenvalue weighted by atomic mass is 16.6. The molecule has 0 aliphatic heterocycles. The molecular formula is C22H27N5O3. The number of hydrogen-bond acceptors (Lipinski definition) is 7. The van der Waals surface area contributed by atoms with Crippen molar-refractivity contribution in [2.75, 3.05) is 17.7 Å². The van der Waals surface area contributed by atoms with Gasteiger partial charge in [-0.3, -0.25) is 10.1 Å². The molecule has 0 radical (unpaired) electrons. The van der Waals surface area contributed by atoms with Gasteiger partial charge in [-0.05, 0) is 80.9 Å². The van der Waals surface area contributed by atoms with Gasteiger partial charge in [0.15, 0.2) is 0 Å². The number of nitrogens with zero attached hydrogens (tertiary/aromatic N) is 3. The van der Waals surface area contributed by atoms with Crippen molar-refractivity contribution >= 4 is 23.0 Å². The Morgan fingerprint density at radius 1 is 1.10 bits per heavy atom. The Kier molecular flexibility index (Phi) is 4.52. The van der Waals surface area contributed by atoms with E-state index in [1.165, 1.54) is 25.6 Å². The highest BCUT2D eigenvalue weighted by Crippen LogP contribution is 2.57. The molecule has 0 atom stereocenters. The largest absolute Gasteiger partial charge is 0.495 e. The van der Waals surface area contributed by atoms with Crippen molar-refractivity contribution in [2.24, 2.45) is 17.8 Å². The Bertz CT molecular complexity index is 957. The van der Waals surface area contributed by atoms with Gasteiger partial charge in [0, 0.05) is 5.54 Å². The van der Waals surface area contributed by atoms with E-state index in [9.17, 15) is 10.1 Å². The fraction of sp³-hybridized carbons (Fsp3) is 0.545. The van der Waals surface area contributed by atoms with Crippen LogP contribution in [0.25, 0.3) is 0 Å². The molecular weight excluding hydrogens is 382 g/mol. The van der Waals surface area contributed by atoms with E-state index in [4.69, 9.17) is 4.74 Å². The van der Waals surface area contributed by atoms with Gasteiger partial charge in [0.2, 0.25) is 11.6 Å². The number of ether oxygens (including phenoxy) is 1. The normalized spacial score (nSPS) is 28.9. The summed E-state index contributed by atoms with van der Waals surface area (Å²) in [6.45, 7) is 1.96. The molecule has 4 fully saturated rings. The second-order valence-corrected chi connectivity index (χ2v) is 9.33. The van der Waals surface area contributed by atoms with Crippen LogP contribution in [0.15, 0.2) is 24.5 Å². The van der Waals surface area contributed by atoms with Gasteiger partial charge in [-0.2, -0.15) is 0 Å². The molecule has 30 heavy (non-hydrogen) atoms. The smallest absolute Gasteiger partial charge is 0.353 e. The van der Waals surface area contributed by atoms with Crippen molar-refractivity contribution in [2.45, 2.75) is 51.0 Å². The molecule has 2 aromatic rings. The van der Waals surface area contributed by atoms with Crippen LogP contribution in [-0.2, 0) is 0 Å². The minimum Gasteiger partial charge on any atom is -0.495 e. The minimum atomic E-state index is -0.395. The summed E-state index contributed by atoms with van der Waals surface area (Å²) in [5.41, 5.74) is 1.46. The monoisotopic (exact) mass is 409 g/mol. The van der Waals surface area contributed by atoms with Crippen molar-refractivity contribution in [1.29, 1.82) is 0 Å². The van der Waals surface area contributed by atoms with Crippen molar-refractivity contribution in [3.05, 3.63) is 40.2 Å². The maximum atomic E-state index is 12.1. The summed E-state index contributed by atoms with van der Waals surface area (Å²) in [7, 11) is 1.57. The molecule has 0 spiro atoms. The lowest BCUT2D eigenvalue weighted by atomic mass is 9.53. The third kappa shape index (κ3) is 3.34. The van der Waals surface area contributed by atoms with Crippen LogP contribution in [0.5, 0.6) is 5.75 Å². The molecule has 8 nitrogen and oxygen atoms in total. The van der Waals surface area contributed by atoms with Crippen molar-refractivity contribution in [3.8, 4) is 5.75 Å². The summed E-state index contributed by atoms with van der Waals surface area (Å²) in [5.74, 6) is 3.29. The Morgan fingerprint density at radius 2 is 1.73 bits per heavy atom. The third-order valence-corrected chi connectivity index (χ3v) is 7.03. The molecule has 4 bridgehead atoms. The van der Waals surface area contributed by atoms with Gasteiger partial charge in [-0.15, -0.1) is 0 Å². The van der Waals surface area contributed by atoms with Crippen molar-refractivity contribution < 1.29 is 9.66 Å². The van der Waals surface area contributed by atoms with Crippen LogP contribution in [0.4, 0.5) is 23.0 Å². The first kappa shape index (κ1) is 19.1. The van der Waals surface area contributed by atoms with E-state index in [0.29, 0.717) is 17.3 Å². The van der Waals surface area contributed by atoms with Crippen LogP contribution < -0.4 is 15.4 Å². The van der Waals surface area contributed by atoms with E-state index >= 15 is 0 Å². The lowest BCUT2D eigenvalue weighted by Gasteiger charge is -2.57. The minimum absolute atomic E-state index is 0.0772. The molecule has 1 aromatic heterocycles. The Hall–Kier alpha value is -2.90. The van der Waals surface area contributed by atoms with E-state index in [1.807, 2.05) is 25.1 Å². The molecule has 0 amide bonds. The molecule has 2 N–H and O–H groups in total. The Balaban J connectivity index is 1.49. The highest BCUT2D eigenvalue weighted by Gasteiger charge is 2.51. The summed E-state index contributed by atoms with van der Waals surface area (Å²) < 4.78 is 5.40. The van der Waals surface area contributed by atoms with Crippen LogP contribution in [0.3, 0.4) is 0 Å². The highest BCUT2D eigenvalue weighted by molar-refractivity contribution is 5.76. The average Bonchev–Trinajstić information content (AvgIpc) is 2.66. The lowest BCUT2D eigenvalue weighted by Crippen LogP contribution is -2.55. The molecule has 8 heteroatoms. The van der Waals surface area contributed by atoms with Crippen LogP contribution in [0.2, 0.25) is 0 Å². The van der Waals surface area contributed by atoms with Gasteiger partial charge >= 0.3 is 5.69 Å². The van der Waals surface area contributed by atoms with Crippen LogP contribution in [0.1, 0.15) is 44.1 Å². The van der Waals surface area contributed by atoms with E-state index in [1.54, 1.807) is 7.11 Å². The number of aryl methyl sites for hydroxylation is 1. The van der Waals surface area contributed by atoms with Gasteiger partial charge in [0.1, 0.15) is 12.1 Å². The van der Waals surface area contributed by atoms with Crippen LogP contribution in [0, 0.1) is 34.8 Å². The first-order valence-corrected chi connectivity index (χ1v) is 10.6. The number of methoxy groups -OCH3 is 1. The van der Waals surface area contributed by atoms with Crippen molar-refractivity contribution in [3.63, 3.8) is 0 Å². The summed E-state index contributed by atoms with van der Waals surface area (Å²) in [4.78, 5) is 20.2. The third-order valence-electron chi connectivity index (χ3n) is 7.03. The zero-order valence-electron chi connectivity index (χ0n) is 17.4. The summed E-state index contributed by atoms with van der Waals surface area (Å²) in [6.07, 6.45) is 8.56. The zero-order chi connectivity index (χ0) is 20.9. The van der Waals surface area contributed by atoms with Gasteiger partial charge in [0.25, 0.3) is 0 Å². The number of nitrogens with one attached hydrogen (secondary N) is 2. The number of aromatic nitrogens is 2. The Morgan fingerprint density at radius 3 is 2.33 bits per heavy atom. The standard InChI is InChI=1S/C22H27N5O3/c1-13-3-4-18(30-2)17(5-13)25-20-19(27(28)29)21(24-12-23-20)26-22-9-14-6-15(10-22)8-16(7-14)11-22/h3-5,12,14-16H,6-11H2,1-2H3,(H2,23,24,25,26). The number of anilines is 3. The van der Waals surface area contributed by atoms with Crippen LogP contribution >= 0.6 is 0 Å². The molecule has 1 heterocycles. The maximum absolute atomic E-state index is 12.1. The van der Waals surface area contributed by atoms with E-state index < -0.39 is 4.92 Å².